The van der Waals surface area contributed by atoms with Gasteiger partial charge in [0.25, 0.3) is 0 Å². The molecule has 2 nitrogen and oxygen atoms in total. The van der Waals surface area contributed by atoms with Crippen LogP contribution in [0, 0.1) is 5.41 Å². The van der Waals surface area contributed by atoms with Gasteiger partial charge in [-0.3, -0.25) is 0 Å². The molecule has 0 atom stereocenters. The van der Waals surface area contributed by atoms with E-state index < -0.39 is 0 Å². The Morgan fingerprint density at radius 1 is 1.05 bits per heavy atom. The minimum atomic E-state index is -0.372. The fraction of sp³-hybridized carbons (Fsp3) is 0.235. The van der Waals surface area contributed by atoms with Crippen LogP contribution in [-0.4, -0.2) is 5.97 Å². The molecular formula is C17H18O2. The van der Waals surface area contributed by atoms with E-state index in [2.05, 4.69) is 6.58 Å². The molecule has 0 aliphatic heterocycles. The van der Waals surface area contributed by atoms with Crippen molar-refractivity contribution in [2.45, 2.75) is 20.8 Å². The lowest BCUT2D eigenvalue weighted by atomic mass is 9.88. The minimum Gasteiger partial charge on any atom is -0.423 e. The molecule has 0 saturated carbocycles. The van der Waals surface area contributed by atoms with E-state index in [1.54, 1.807) is 6.07 Å². The number of esters is 1. The van der Waals surface area contributed by atoms with Gasteiger partial charge < -0.3 is 4.74 Å². The van der Waals surface area contributed by atoms with Crippen LogP contribution < -0.4 is 4.74 Å². The summed E-state index contributed by atoms with van der Waals surface area (Å²) in [4.78, 5) is 12.0. The standard InChI is InChI=1S/C17H18O2/c1-12(17(2,3)4)16(18)19-15-10-9-13-7-5-6-8-14(13)11-15/h5-11H,1H2,2-4H3. The van der Waals surface area contributed by atoms with Crippen molar-refractivity contribution in [1.29, 1.82) is 0 Å². The van der Waals surface area contributed by atoms with Gasteiger partial charge in [0.2, 0.25) is 0 Å². The van der Waals surface area contributed by atoms with Gasteiger partial charge in [-0.15, -0.1) is 0 Å². The van der Waals surface area contributed by atoms with E-state index in [9.17, 15) is 4.79 Å². The quantitative estimate of drug-likeness (QED) is 0.452. The molecule has 0 amide bonds. The minimum absolute atomic E-state index is 0.284. The molecule has 0 bridgehead atoms. The van der Waals surface area contributed by atoms with Gasteiger partial charge in [0.05, 0.1) is 0 Å². The maximum atomic E-state index is 12.0. The first-order valence-corrected chi connectivity index (χ1v) is 6.28. The van der Waals surface area contributed by atoms with Gasteiger partial charge in [0.1, 0.15) is 5.75 Å². The molecule has 0 fully saturated rings. The first kappa shape index (κ1) is 13.3. The molecule has 0 N–H and O–H groups in total. The van der Waals surface area contributed by atoms with E-state index in [0.717, 1.165) is 10.8 Å². The smallest absolute Gasteiger partial charge is 0.339 e. The summed E-state index contributed by atoms with van der Waals surface area (Å²) in [7, 11) is 0. The maximum Gasteiger partial charge on any atom is 0.339 e. The number of hydrogen-bond donors (Lipinski definition) is 0. The molecule has 0 radical (unpaired) electrons. The summed E-state index contributed by atoms with van der Waals surface area (Å²) >= 11 is 0. The zero-order valence-corrected chi connectivity index (χ0v) is 11.6. The zero-order chi connectivity index (χ0) is 14.0. The third-order valence-corrected chi connectivity index (χ3v) is 3.08. The van der Waals surface area contributed by atoms with E-state index >= 15 is 0 Å². The predicted octanol–water partition coefficient (Wildman–Crippen LogP) is 4.35. The summed E-state index contributed by atoms with van der Waals surface area (Å²) in [6.45, 7) is 9.63. The number of benzene rings is 2. The lowest BCUT2D eigenvalue weighted by molar-refractivity contribution is -0.131. The second-order valence-corrected chi connectivity index (χ2v) is 5.63. The molecule has 2 heteroatoms. The highest BCUT2D eigenvalue weighted by Crippen LogP contribution is 2.26. The van der Waals surface area contributed by atoms with Gasteiger partial charge >= 0.3 is 5.97 Å². The van der Waals surface area contributed by atoms with Crippen molar-refractivity contribution in [2.75, 3.05) is 0 Å². The Labute approximate surface area is 113 Å². The summed E-state index contributed by atoms with van der Waals surface area (Å²) in [5.74, 6) is 0.178. The van der Waals surface area contributed by atoms with Gasteiger partial charge in [0.15, 0.2) is 0 Å². The first-order valence-electron chi connectivity index (χ1n) is 6.28. The summed E-state index contributed by atoms with van der Waals surface area (Å²) in [5, 5.41) is 2.17. The van der Waals surface area contributed by atoms with Crippen molar-refractivity contribution in [3.05, 3.63) is 54.6 Å². The van der Waals surface area contributed by atoms with Crippen molar-refractivity contribution in [1.82, 2.24) is 0 Å². The number of hydrogen-bond acceptors (Lipinski definition) is 2. The fourth-order valence-corrected chi connectivity index (χ4v) is 1.71. The van der Waals surface area contributed by atoms with Gasteiger partial charge in [-0.05, 0) is 28.3 Å². The molecule has 0 aliphatic carbocycles. The summed E-state index contributed by atoms with van der Waals surface area (Å²) in [6.07, 6.45) is 0. The molecule has 19 heavy (non-hydrogen) atoms. The molecule has 98 valence electrons. The Morgan fingerprint density at radius 2 is 1.68 bits per heavy atom. The third kappa shape index (κ3) is 3.02. The van der Waals surface area contributed by atoms with Crippen LogP contribution in [-0.2, 0) is 4.79 Å². The van der Waals surface area contributed by atoms with Crippen molar-refractivity contribution in [3.8, 4) is 5.75 Å². The Bertz CT molecular complexity index is 633. The van der Waals surface area contributed by atoms with Gasteiger partial charge in [-0.1, -0.05) is 57.7 Å². The number of ether oxygens (including phenoxy) is 1. The van der Waals surface area contributed by atoms with Crippen molar-refractivity contribution >= 4 is 16.7 Å². The Morgan fingerprint density at radius 3 is 2.32 bits per heavy atom. The number of carbonyl (C=O) groups excluding carboxylic acids is 1. The van der Waals surface area contributed by atoms with E-state index in [-0.39, 0.29) is 11.4 Å². The number of fused-ring (bicyclic) bond motifs is 1. The highest BCUT2D eigenvalue weighted by Gasteiger charge is 2.23. The summed E-state index contributed by atoms with van der Waals surface area (Å²) in [5.41, 5.74) is 0.189. The molecule has 0 saturated heterocycles. The SMILES string of the molecule is C=C(C(=O)Oc1ccc2ccccc2c1)C(C)(C)C. The monoisotopic (exact) mass is 254 g/mol. The van der Waals surface area contributed by atoms with Gasteiger partial charge in [-0.2, -0.15) is 0 Å². The van der Waals surface area contributed by atoms with Crippen molar-refractivity contribution < 1.29 is 9.53 Å². The fourth-order valence-electron chi connectivity index (χ4n) is 1.71. The summed E-state index contributed by atoms with van der Waals surface area (Å²) in [6, 6.07) is 13.6. The molecule has 0 aliphatic rings. The lowest BCUT2D eigenvalue weighted by Crippen LogP contribution is -2.21. The molecule has 0 aromatic heterocycles. The molecular weight excluding hydrogens is 236 g/mol. The average Bonchev–Trinajstić information content (AvgIpc) is 2.36. The van der Waals surface area contributed by atoms with Crippen LogP contribution in [0.15, 0.2) is 54.6 Å². The third-order valence-electron chi connectivity index (χ3n) is 3.08. The number of carbonyl (C=O) groups is 1. The Hall–Kier alpha value is -2.09. The molecule has 0 spiro atoms. The normalized spacial score (nSPS) is 11.3. The van der Waals surface area contributed by atoms with Crippen molar-refractivity contribution in [2.24, 2.45) is 5.41 Å². The Kier molecular flexibility index (Phi) is 3.43. The van der Waals surface area contributed by atoms with Crippen molar-refractivity contribution in [3.63, 3.8) is 0 Å². The number of rotatable bonds is 2. The molecule has 2 aromatic rings. The van der Waals surface area contributed by atoms with Gasteiger partial charge in [-0.25, -0.2) is 4.79 Å². The molecule has 0 unspecified atom stereocenters. The second-order valence-electron chi connectivity index (χ2n) is 5.63. The molecule has 2 rings (SSSR count). The van der Waals surface area contributed by atoms with Crippen LogP contribution in [0.5, 0.6) is 5.75 Å². The maximum absolute atomic E-state index is 12.0. The van der Waals surface area contributed by atoms with E-state index in [1.165, 1.54) is 0 Å². The first-order chi connectivity index (χ1) is 8.88. The average molecular weight is 254 g/mol. The van der Waals surface area contributed by atoms with Crippen LogP contribution in [0.1, 0.15) is 20.8 Å². The topological polar surface area (TPSA) is 26.3 Å². The van der Waals surface area contributed by atoms with E-state index in [4.69, 9.17) is 4.74 Å². The van der Waals surface area contributed by atoms with Crippen LogP contribution in [0.25, 0.3) is 10.8 Å². The highest BCUT2D eigenvalue weighted by molar-refractivity contribution is 5.91. The molecule has 0 heterocycles. The lowest BCUT2D eigenvalue weighted by Gasteiger charge is -2.19. The second kappa shape index (κ2) is 4.88. The largest absolute Gasteiger partial charge is 0.423 e. The molecule has 2 aromatic carbocycles. The van der Waals surface area contributed by atoms with E-state index in [0.29, 0.717) is 11.3 Å². The summed E-state index contributed by atoms with van der Waals surface area (Å²) < 4.78 is 5.37. The van der Waals surface area contributed by atoms with Crippen LogP contribution >= 0.6 is 0 Å². The zero-order valence-electron chi connectivity index (χ0n) is 11.6. The van der Waals surface area contributed by atoms with Crippen LogP contribution in [0.4, 0.5) is 0 Å². The predicted molar refractivity (Wildman–Crippen MR) is 78.2 cm³/mol. The van der Waals surface area contributed by atoms with E-state index in [1.807, 2.05) is 57.2 Å². The van der Waals surface area contributed by atoms with Gasteiger partial charge in [0, 0.05) is 5.57 Å². The van der Waals surface area contributed by atoms with Crippen LogP contribution in [0.3, 0.4) is 0 Å². The van der Waals surface area contributed by atoms with Crippen LogP contribution in [0.2, 0.25) is 0 Å². The highest BCUT2D eigenvalue weighted by atomic mass is 16.5. The Balaban J connectivity index is 2.22.